The summed E-state index contributed by atoms with van der Waals surface area (Å²) in [6, 6.07) is 1.76. The summed E-state index contributed by atoms with van der Waals surface area (Å²) in [4.78, 5) is 0. The maximum atomic E-state index is 12.9. The van der Waals surface area contributed by atoms with Crippen molar-refractivity contribution in [3.63, 3.8) is 0 Å². The van der Waals surface area contributed by atoms with Crippen molar-refractivity contribution >= 4 is 33.1 Å². The molecule has 0 amide bonds. The van der Waals surface area contributed by atoms with Gasteiger partial charge in [-0.3, -0.25) is 9.82 Å². The molecule has 190 valence electrons. The zero-order chi connectivity index (χ0) is 25.3. The molecule has 3 rings (SSSR count). The first-order chi connectivity index (χ1) is 15.7. The zero-order valence-corrected chi connectivity index (χ0v) is 22.9. The van der Waals surface area contributed by atoms with E-state index in [0.717, 1.165) is 30.7 Å². The largest absolute Gasteiger partial charge is 0.292 e. The van der Waals surface area contributed by atoms with E-state index < -0.39 is 10.0 Å². The monoisotopic (exact) mass is 511 g/mol. The summed E-state index contributed by atoms with van der Waals surface area (Å²) in [6.07, 6.45) is 6.07. The van der Waals surface area contributed by atoms with Crippen molar-refractivity contribution in [1.29, 1.82) is 0 Å². The van der Waals surface area contributed by atoms with Crippen LogP contribution in [-0.4, -0.2) is 43.8 Å². The summed E-state index contributed by atoms with van der Waals surface area (Å²) >= 11 is 6.57. The van der Waals surface area contributed by atoms with Gasteiger partial charge in [-0.05, 0) is 6.42 Å². The SMILES string of the molecule is CCCCCCCCS(=O)(=O)Nc1cc(C(C)(C)C)nn1-c1nnc2c(Cl)c(C(C)(C)C)[nH]n12. The Hall–Kier alpha value is -2.07. The van der Waals surface area contributed by atoms with E-state index >= 15 is 0 Å². The number of rotatable bonds is 10. The van der Waals surface area contributed by atoms with E-state index in [2.05, 4.69) is 26.9 Å². The summed E-state index contributed by atoms with van der Waals surface area (Å²) in [7, 11) is -3.56. The van der Waals surface area contributed by atoms with E-state index in [9.17, 15) is 8.42 Å². The number of H-pyrrole nitrogens is 1. The second kappa shape index (κ2) is 9.89. The first-order valence-corrected chi connectivity index (χ1v) is 14.0. The Labute approximate surface area is 207 Å². The second-order valence-electron chi connectivity index (χ2n) is 11.0. The number of aromatic nitrogens is 6. The van der Waals surface area contributed by atoms with Gasteiger partial charge >= 0.3 is 0 Å². The van der Waals surface area contributed by atoms with Gasteiger partial charge in [0.15, 0.2) is 5.65 Å². The fourth-order valence-corrected chi connectivity index (χ4v) is 5.28. The Kier molecular flexibility index (Phi) is 7.72. The first kappa shape index (κ1) is 26.5. The molecule has 0 radical (unpaired) electrons. The third-order valence-corrected chi connectivity index (χ3v) is 7.43. The van der Waals surface area contributed by atoms with Crippen molar-refractivity contribution in [3.8, 4) is 5.95 Å². The minimum Gasteiger partial charge on any atom is -0.292 e. The highest BCUT2D eigenvalue weighted by molar-refractivity contribution is 7.92. The first-order valence-electron chi connectivity index (χ1n) is 12.0. The number of fused-ring (bicyclic) bond motifs is 1. The van der Waals surface area contributed by atoms with Gasteiger partial charge < -0.3 is 0 Å². The van der Waals surface area contributed by atoms with Crippen LogP contribution < -0.4 is 4.72 Å². The van der Waals surface area contributed by atoms with Gasteiger partial charge in [0.05, 0.1) is 17.1 Å². The van der Waals surface area contributed by atoms with Gasteiger partial charge in [0.1, 0.15) is 10.8 Å². The Morgan fingerprint density at radius 3 is 2.26 bits per heavy atom. The number of hydrogen-bond donors (Lipinski definition) is 2. The molecular weight excluding hydrogens is 474 g/mol. The number of sulfonamides is 1. The predicted octanol–water partition coefficient (Wildman–Crippen LogP) is 5.59. The summed E-state index contributed by atoms with van der Waals surface area (Å²) in [5.41, 5.74) is 1.48. The topological polar surface area (TPSA) is 110 Å². The van der Waals surface area contributed by atoms with Crippen LogP contribution in [-0.2, 0) is 20.9 Å². The lowest BCUT2D eigenvalue weighted by Crippen LogP contribution is -2.20. The fraction of sp³-hybridized carbons (Fsp3) is 0.696. The lowest BCUT2D eigenvalue weighted by molar-refractivity contribution is 0.552. The molecule has 3 heterocycles. The minimum absolute atomic E-state index is 0.0624. The van der Waals surface area contributed by atoms with Crippen molar-refractivity contribution in [2.24, 2.45) is 0 Å². The van der Waals surface area contributed by atoms with Gasteiger partial charge in [-0.15, -0.1) is 10.2 Å². The maximum absolute atomic E-state index is 12.9. The molecule has 0 saturated carbocycles. The number of halogens is 1. The van der Waals surface area contributed by atoms with Crippen molar-refractivity contribution in [2.75, 3.05) is 10.5 Å². The highest BCUT2D eigenvalue weighted by Gasteiger charge is 2.28. The van der Waals surface area contributed by atoms with Crippen LogP contribution >= 0.6 is 11.6 Å². The van der Waals surface area contributed by atoms with E-state index in [1.54, 1.807) is 10.6 Å². The number of nitrogens with one attached hydrogen (secondary N) is 2. The minimum atomic E-state index is -3.56. The van der Waals surface area contributed by atoms with E-state index in [0.29, 0.717) is 28.9 Å². The van der Waals surface area contributed by atoms with Crippen molar-refractivity contribution in [3.05, 3.63) is 22.5 Å². The van der Waals surface area contributed by atoms with Crippen LogP contribution in [0.15, 0.2) is 6.07 Å². The van der Waals surface area contributed by atoms with Gasteiger partial charge in [0.25, 0.3) is 5.95 Å². The third kappa shape index (κ3) is 5.94. The average Bonchev–Trinajstić information content (AvgIpc) is 3.38. The van der Waals surface area contributed by atoms with Gasteiger partial charge in [-0.1, -0.05) is 92.2 Å². The van der Waals surface area contributed by atoms with Gasteiger partial charge in [-0.25, -0.2) is 8.42 Å². The molecule has 2 N–H and O–H groups in total. The number of nitrogens with zero attached hydrogens (tertiary/aromatic N) is 5. The molecule has 34 heavy (non-hydrogen) atoms. The lowest BCUT2D eigenvalue weighted by Gasteiger charge is -2.16. The van der Waals surface area contributed by atoms with Crippen molar-refractivity contribution < 1.29 is 8.42 Å². The van der Waals surface area contributed by atoms with Crippen LogP contribution in [0.25, 0.3) is 11.6 Å². The van der Waals surface area contributed by atoms with E-state index in [4.69, 9.17) is 16.7 Å². The van der Waals surface area contributed by atoms with Crippen molar-refractivity contribution in [1.82, 2.24) is 29.6 Å². The molecule has 0 aliphatic heterocycles. The zero-order valence-electron chi connectivity index (χ0n) is 21.4. The molecule has 0 spiro atoms. The van der Waals surface area contributed by atoms with Gasteiger partial charge in [0.2, 0.25) is 10.0 Å². The van der Waals surface area contributed by atoms with Gasteiger partial charge in [-0.2, -0.15) is 14.3 Å². The Bertz CT molecular complexity index is 1230. The molecule has 0 saturated heterocycles. The van der Waals surface area contributed by atoms with Crippen LogP contribution in [0.4, 0.5) is 5.82 Å². The fourth-order valence-electron chi connectivity index (χ4n) is 3.68. The highest BCUT2D eigenvalue weighted by atomic mass is 35.5. The van der Waals surface area contributed by atoms with Crippen LogP contribution in [0.1, 0.15) is 98.4 Å². The Morgan fingerprint density at radius 1 is 1.00 bits per heavy atom. The number of aromatic amines is 1. The normalized spacial score (nSPS) is 13.2. The molecule has 0 aliphatic rings. The van der Waals surface area contributed by atoms with Crippen LogP contribution in [0.5, 0.6) is 0 Å². The van der Waals surface area contributed by atoms with Crippen LogP contribution in [0, 0.1) is 0 Å². The molecule has 0 fully saturated rings. The average molecular weight is 512 g/mol. The van der Waals surface area contributed by atoms with E-state index in [1.165, 1.54) is 17.5 Å². The highest BCUT2D eigenvalue weighted by Crippen LogP contribution is 2.33. The molecule has 0 atom stereocenters. The second-order valence-corrected chi connectivity index (χ2v) is 13.2. The molecule has 0 unspecified atom stereocenters. The molecule has 0 aliphatic carbocycles. The summed E-state index contributed by atoms with van der Waals surface area (Å²) in [5, 5.41) is 16.9. The molecule has 11 heteroatoms. The number of anilines is 1. The Balaban J connectivity index is 1.94. The van der Waals surface area contributed by atoms with Crippen LogP contribution in [0.2, 0.25) is 5.02 Å². The Morgan fingerprint density at radius 2 is 1.65 bits per heavy atom. The standard InChI is InChI=1S/C23H38ClN7O2S/c1-8-9-10-11-12-13-14-34(32,33)29-17-15-16(22(2,3)4)27-30(17)21-26-25-20-18(24)19(23(5,6)7)28-31(20)21/h15,28-29H,8-14H2,1-7H3. The maximum Gasteiger partial charge on any atom is 0.273 e. The molecule has 3 aromatic heterocycles. The van der Waals surface area contributed by atoms with Gasteiger partial charge in [0, 0.05) is 16.9 Å². The smallest absolute Gasteiger partial charge is 0.273 e. The molecule has 9 nitrogen and oxygen atoms in total. The number of hydrogen-bond acceptors (Lipinski definition) is 5. The molecular formula is C23H38ClN7O2S. The quantitative estimate of drug-likeness (QED) is 0.344. The molecule has 0 bridgehead atoms. The van der Waals surface area contributed by atoms with E-state index in [-0.39, 0.29) is 16.6 Å². The van der Waals surface area contributed by atoms with E-state index in [1.807, 2.05) is 41.5 Å². The third-order valence-electron chi connectivity index (χ3n) is 5.73. The molecule has 3 aromatic rings. The van der Waals surface area contributed by atoms with Crippen molar-refractivity contribution in [2.45, 2.75) is 97.8 Å². The summed E-state index contributed by atoms with van der Waals surface area (Å²) in [5.74, 6) is 0.723. The lowest BCUT2D eigenvalue weighted by atomic mass is 9.92. The molecule has 0 aromatic carbocycles. The number of unbranched alkanes of at least 4 members (excludes halogenated alkanes) is 5. The summed E-state index contributed by atoms with van der Waals surface area (Å²) < 4.78 is 31.7. The van der Waals surface area contributed by atoms with Crippen LogP contribution in [0.3, 0.4) is 0 Å². The summed E-state index contributed by atoms with van der Waals surface area (Å²) in [6.45, 7) is 14.4. The predicted molar refractivity (Wildman–Crippen MR) is 138 cm³/mol.